The molecule has 138 valence electrons. The van der Waals surface area contributed by atoms with Gasteiger partial charge >= 0.3 is 0 Å². The van der Waals surface area contributed by atoms with Crippen LogP contribution in [0, 0.1) is 6.92 Å². The van der Waals surface area contributed by atoms with Crippen LogP contribution in [-0.4, -0.2) is 52.9 Å². The van der Waals surface area contributed by atoms with Gasteiger partial charge in [-0.3, -0.25) is 4.79 Å². The third-order valence-electron chi connectivity index (χ3n) is 4.87. The quantitative estimate of drug-likeness (QED) is 0.652. The Hall–Kier alpha value is -2.60. The van der Waals surface area contributed by atoms with E-state index in [2.05, 4.69) is 46.3 Å². The van der Waals surface area contributed by atoms with Crippen molar-refractivity contribution in [1.82, 2.24) is 15.1 Å². The standard InChI is InChI=1S/C21H22N4OS/c1-16-5-4-7-18(13-16)24-9-11-25(12-10-24)20(26)15-27-21-19-8-3-2-6-17(19)14-22-23-21/h2-8,13-14H,9-12,15H2,1H3. The summed E-state index contributed by atoms with van der Waals surface area (Å²) in [6.07, 6.45) is 1.76. The molecular formula is C21H22N4OS. The highest BCUT2D eigenvalue weighted by Gasteiger charge is 2.21. The number of aryl methyl sites for hydroxylation is 1. The molecule has 5 nitrogen and oxygen atoms in total. The van der Waals surface area contributed by atoms with E-state index in [1.54, 1.807) is 6.20 Å². The van der Waals surface area contributed by atoms with Gasteiger partial charge in [-0.05, 0) is 24.6 Å². The predicted molar refractivity (Wildman–Crippen MR) is 110 cm³/mol. The molecule has 3 aromatic rings. The number of hydrogen-bond acceptors (Lipinski definition) is 5. The fourth-order valence-corrected chi connectivity index (χ4v) is 4.26. The van der Waals surface area contributed by atoms with Crippen LogP contribution in [0.4, 0.5) is 5.69 Å². The third kappa shape index (κ3) is 4.06. The smallest absolute Gasteiger partial charge is 0.233 e. The molecule has 1 amide bonds. The van der Waals surface area contributed by atoms with Crippen LogP contribution in [0.3, 0.4) is 0 Å². The molecule has 6 heteroatoms. The first kappa shape index (κ1) is 17.8. The average molecular weight is 379 g/mol. The summed E-state index contributed by atoms with van der Waals surface area (Å²) in [6.45, 7) is 5.36. The highest BCUT2D eigenvalue weighted by Crippen LogP contribution is 2.25. The third-order valence-corrected chi connectivity index (χ3v) is 5.83. The van der Waals surface area contributed by atoms with E-state index in [1.165, 1.54) is 23.0 Å². The Kier molecular flexibility index (Phi) is 5.25. The number of piperazine rings is 1. The molecule has 4 rings (SSSR count). The fraction of sp³-hybridized carbons (Fsp3) is 0.286. The molecule has 2 heterocycles. The topological polar surface area (TPSA) is 49.3 Å². The number of rotatable bonds is 4. The largest absolute Gasteiger partial charge is 0.368 e. The van der Waals surface area contributed by atoms with Crippen LogP contribution in [0.1, 0.15) is 5.56 Å². The Balaban J connectivity index is 1.34. The van der Waals surface area contributed by atoms with Gasteiger partial charge in [-0.25, -0.2) is 0 Å². The lowest BCUT2D eigenvalue weighted by Crippen LogP contribution is -2.49. The summed E-state index contributed by atoms with van der Waals surface area (Å²) in [6, 6.07) is 16.5. The van der Waals surface area contributed by atoms with Crippen LogP contribution in [0.25, 0.3) is 10.8 Å². The number of hydrogen-bond donors (Lipinski definition) is 0. The lowest BCUT2D eigenvalue weighted by molar-refractivity contribution is -0.128. The second-order valence-electron chi connectivity index (χ2n) is 6.73. The molecule has 1 aliphatic rings. The van der Waals surface area contributed by atoms with Crippen LogP contribution in [-0.2, 0) is 4.79 Å². The first-order valence-corrected chi connectivity index (χ1v) is 10.1. The molecule has 2 aromatic carbocycles. The second kappa shape index (κ2) is 7.96. The molecule has 0 unspecified atom stereocenters. The van der Waals surface area contributed by atoms with Crippen molar-refractivity contribution in [1.29, 1.82) is 0 Å². The number of aromatic nitrogens is 2. The molecule has 0 bridgehead atoms. The summed E-state index contributed by atoms with van der Waals surface area (Å²) in [7, 11) is 0. The fourth-order valence-electron chi connectivity index (χ4n) is 3.37. The maximum Gasteiger partial charge on any atom is 0.233 e. The average Bonchev–Trinajstić information content (AvgIpc) is 2.72. The second-order valence-corrected chi connectivity index (χ2v) is 7.70. The number of fused-ring (bicyclic) bond motifs is 1. The van der Waals surface area contributed by atoms with Crippen molar-refractivity contribution in [2.45, 2.75) is 11.9 Å². The van der Waals surface area contributed by atoms with E-state index in [0.29, 0.717) is 5.75 Å². The number of amides is 1. The molecule has 0 saturated carbocycles. The lowest BCUT2D eigenvalue weighted by Gasteiger charge is -2.36. The van der Waals surface area contributed by atoms with Crippen LogP contribution in [0.2, 0.25) is 0 Å². The number of carbonyl (C=O) groups is 1. The van der Waals surface area contributed by atoms with Crippen LogP contribution < -0.4 is 4.90 Å². The van der Waals surface area contributed by atoms with Gasteiger partial charge in [-0.1, -0.05) is 48.2 Å². The number of anilines is 1. The van der Waals surface area contributed by atoms with Gasteiger partial charge in [0.05, 0.1) is 11.9 Å². The van der Waals surface area contributed by atoms with E-state index < -0.39 is 0 Å². The van der Waals surface area contributed by atoms with E-state index in [4.69, 9.17) is 0 Å². The zero-order chi connectivity index (χ0) is 18.6. The van der Waals surface area contributed by atoms with Crippen molar-refractivity contribution in [3.63, 3.8) is 0 Å². The van der Waals surface area contributed by atoms with E-state index in [1.807, 2.05) is 29.2 Å². The van der Waals surface area contributed by atoms with E-state index in [9.17, 15) is 4.79 Å². The van der Waals surface area contributed by atoms with Gasteiger partial charge in [0.15, 0.2) is 0 Å². The summed E-state index contributed by atoms with van der Waals surface area (Å²) >= 11 is 1.47. The first-order valence-electron chi connectivity index (χ1n) is 9.13. The minimum Gasteiger partial charge on any atom is -0.368 e. The van der Waals surface area contributed by atoms with Crippen LogP contribution in [0.15, 0.2) is 59.8 Å². The summed E-state index contributed by atoms with van der Waals surface area (Å²) in [5, 5.41) is 11.2. The first-order chi connectivity index (χ1) is 13.2. The lowest BCUT2D eigenvalue weighted by atomic mass is 10.2. The van der Waals surface area contributed by atoms with Gasteiger partial charge in [-0.2, -0.15) is 5.10 Å². The molecule has 27 heavy (non-hydrogen) atoms. The van der Waals surface area contributed by atoms with Crippen molar-refractivity contribution in [2.24, 2.45) is 0 Å². The van der Waals surface area contributed by atoms with Gasteiger partial charge in [-0.15, -0.1) is 5.10 Å². The molecule has 0 radical (unpaired) electrons. The minimum atomic E-state index is 0.165. The van der Waals surface area contributed by atoms with Crippen molar-refractivity contribution in [3.8, 4) is 0 Å². The minimum absolute atomic E-state index is 0.165. The Morgan fingerprint density at radius 3 is 2.70 bits per heavy atom. The predicted octanol–water partition coefficient (Wildman–Crippen LogP) is 3.38. The normalized spacial score (nSPS) is 14.6. The van der Waals surface area contributed by atoms with Crippen LogP contribution >= 0.6 is 11.8 Å². The van der Waals surface area contributed by atoms with Crippen molar-refractivity contribution < 1.29 is 4.79 Å². The molecule has 1 saturated heterocycles. The SMILES string of the molecule is Cc1cccc(N2CCN(C(=O)CSc3nncc4ccccc34)CC2)c1. The van der Waals surface area contributed by atoms with Gasteiger partial charge in [0.1, 0.15) is 5.03 Å². The molecule has 1 fully saturated rings. The van der Waals surface area contributed by atoms with Crippen molar-refractivity contribution >= 4 is 34.1 Å². The summed E-state index contributed by atoms with van der Waals surface area (Å²) in [4.78, 5) is 16.9. The highest BCUT2D eigenvalue weighted by atomic mass is 32.2. The van der Waals surface area contributed by atoms with Gasteiger partial charge in [0.2, 0.25) is 5.91 Å². The molecule has 0 spiro atoms. The molecule has 0 aliphatic carbocycles. The number of benzene rings is 2. The van der Waals surface area contributed by atoms with E-state index >= 15 is 0 Å². The molecular weight excluding hydrogens is 356 g/mol. The number of thioether (sulfide) groups is 1. The van der Waals surface area contributed by atoms with Crippen LogP contribution in [0.5, 0.6) is 0 Å². The zero-order valence-electron chi connectivity index (χ0n) is 15.3. The Morgan fingerprint density at radius 1 is 1.07 bits per heavy atom. The van der Waals surface area contributed by atoms with Gasteiger partial charge in [0, 0.05) is 42.6 Å². The summed E-state index contributed by atoms with van der Waals surface area (Å²) < 4.78 is 0. The highest BCUT2D eigenvalue weighted by molar-refractivity contribution is 8.00. The Bertz CT molecular complexity index is 948. The maximum absolute atomic E-state index is 12.6. The zero-order valence-corrected chi connectivity index (χ0v) is 16.2. The number of nitrogens with zero attached hydrogens (tertiary/aromatic N) is 4. The molecule has 0 N–H and O–H groups in total. The molecule has 1 aromatic heterocycles. The van der Waals surface area contributed by atoms with Gasteiger partial charge < -0.3 is 9.80 Å². The number of carbonyl (C=O) groups excluding carboxylic acids is 1. The monoisotopic (exact) mass is 378 g/mol. The molecule has 1 aliphatic heterocycles. The van der Waals surface area contributed by atoms with E-state index in [0.717, 1.165) is 42.0 Å². The maximum atomic E-state index is 12.6. The Labute approximate surface area is 163 Å². The van der Waals surface area contributed by atoms with E-state index in [-0.39, 0.29) is 5.91 Å². The van der Waals surface area contributed by atoms with Crippen molar-refractivity contribution in [2.75, 3.05) is 36.8 Å². The Morgan fingerprint density at radius 2 is 1.89 bits per heavy atom. The summed E-state index contributed by atoms with van der Waals surface area (Å²) in [5.74, 6) is 0.561. The van der Waals surface area contributed by atoms with Gasteiger partial charge in [0.25, 0.3) is 0 Å². The molecule has 0 atom stereocenters. The van der Waals surface area contributed by atoms with Crippen molar-refractivity contribution in [3.05, 3.63) is 60.3 Å². The summed E-state index contributed by atoms with van der Waals surface area (Å²) in [5.41, 5.74) is 2.50.